The minimum absolute atomic E-state index is 0.0364. The number of aromatic hydroxyl groups is 1. The van der Waals surface area contributed by atoms with Crippen LogP contribution >= 0.6 is 0 Å². The Morgan fingerprint density at radius 3 is 2.40 bits per heavy atom. The molecule has 13 heteroatoms. The highest BCUT2D eigenvalue weighted by molar-refractivity contribution is 7.92. The molecular formula is C37H45N5O7S. The van der Waals surface area contributed by atoms with Crippen LogP contribution < -0.4 is 19.5 Å². The highest BCUT2D eigenvalue weighted by Crippen LogP contribution is 2.41. The van der Waals surface area contributed by atoms with E-state index in [2.05, 4.69) is 33.9 Å². The van der Waals surface area contributed by atoms with E-state index in [1.807, 2.05) is 56.0 Å². The third-order valence-electron chi connectivity index (χ3n) is 8.50. The number of nitrogens with one attached hydrogen (secondary N) is 2. The van der Waals surface area contributed by atoms with Gasteiger partial charge in [-0.1, -0.05) is 58.9 Å². The van der Waals surface area contributed by atoms with Gasteiger partial charge in [0.25, 0.3) is 10.0 Å². The number of hydrogen-bond donors (Lipinski definition) is 3. The number of rotatable bonds is 12. The van der Waals surface area contributed by atoms with Crippen LogP contribution in [0.1, 0.15) is 63.3 Å². The van der Waals surface area contributed by atoms with E-state index in [1.165, 1.54) is 37.8 Å². The Balaban J connectivity index is 1.61. The molecular weight excluding hydrogens is 659 g/mol. The Labute approximate surface area is 293 Å². The van der Waals surface area contributed by atoms with Gasteiger partial charge in [-0.3, -0.25) is 14.4 Å². The first kappa shape index (κ1) is 36.6. The number of aromatic nitrogens is 2. The number of carbonyl (C=O) groups is 1. The molecule has 1 aromatic heterocycles. The summed E-state index contributed by atoms with van der Waals surface area (Å²) in [6, 6.07) is 17.8. The molecule has 2 atom stereocenters. The maximum atomic E-state index is 14.4. The SMILES string of the molecule is COc1c(O)cc(C(Oc2ccncn2)C(C(=O)Nc2cccc(C(C)C)c2)N2CCOCC2)cc1NS(=O)(=O)c1cccc(C(C)(C)C)c1. The van der Waals surface area contributed by atoms with Gasteiger partial charge in [-0.25, -0.2) is 18.4 Å². The molecule has 0 spiro atoms. The van der Waals surface area contributed by atoms with Crippen LogP contribution in [0.25, 0.3) is 0 Å². The van der Waals surface area contributed by atoms with Gasteiger partial charge in [0.15, 0.2) is 17.6 Å². The summed E-state index contributed by atoms with van der Waals surface area (Å²) in [6.45, 7) is 11.8. The Morgan fingerprint density at radius 1 is 1.00 bits per heavy atom. The Morgan fingerprint density at radius 2 is 1.74 bits per heavy atom. The van der Waals surface area contributed by atoms with Crippen molar-refractivity contribution in [2.45, 2.75) is 63.0 Å². The van der Waals surface area contributed by atoms with Crippen LogP contribution in [0.3, 0.4) is 0 Å². The standard InChI is InChI=1S/C37H45N5O7S/c1-24(2)25-9-7-11-28(19-25)40-36(44)33(42-15-17-48-18-16-42)34(49-32-13-14-38-23-39-32)26-20-30(35(47-6)31(43)21-26)41-50(45,46)29-12-8-10-27(22-29)37(3,4)5/h7-14,19-24,33-34,41,43H,15-18H2,1-6H3,(H,40,44). The van der Waals surface area contributed by atoms with Crippen molar-refractivity contribution >= 4 is 27.3 Å². The van der Waals surface area contributed by atoms with E-state index in [4.69, 9.17) is 14.2 Å². The lowest BCUT2D eigenvalue weighted by atomic mass is 9.87. The minimum atomic E-state index is -4.16. The maximum Gasteiger partial charge on any atom is 0.262 e. The highest BCUT2D eigenvalue weighted by Gasteiger charge is 2.39. The Hall–Kier alpha value is -4.72. The first-order valence-electron chi connectivity index (χ1n) is 16.5. The van der Waals surface area contributed by atoms with E-state index in [0.29, 0.717) is 37.6 Å². The van der Waals surface area contributed by atoms with Gasteiger partial charge in [-0.05, 0) is 58.9 Å². The number of morpholine rings is 1. The number of sulfonamides is 1. The number of phenols is 1. The van der Waals surface area contributed by atoms with Crippen LogP contribution in [0.4, 0.5) is 11.4 Å². The lowest BCUT2D eigenvalue weighted by Gasteiger charge is -2.38. The molecule has 12 nitrogen and oxygen atoms in total. The van der Waals surface area contributed by atoms with Crippen LogP contribution in [-0.2, 0) is 25.0 Å². The number of carbonyl (C=O) groups excluding carboxylic acids is 1. The largest absolute Gasteiger partial charge is 0.504 e. The number of anilines is 2. The third-order valence-corrected chi connectivity index (χ3v) is 9.86. The molecule has 0 aliphatic carbocycles. The van der Waals surface area contributed by atoms with E-state index in [9.17, 15) is 18.3 Å². The fourth-order valence-electron chi connectivity index (χ4n) is 5.76. The molecule has 1 saturated heterocycles. The lowest BCUT2D eigenvalue weighted by molar-refractivity contribution is -0.127. The smallest absolute Gasteiger partial charge is 0.262 e. The number of phenolic OH excluding ortho intramolecular Hbond substituents is 1. The lowest BCUT2D eigenvalue weighted by Crippen LogP contribution is -2.53. The van der Waals surface area contributed by atoms with Gasteiger partial charge in [0.2, 0.25) is 11.8 Å². The third kappa shape index (κ3) is 8.70. The van der Waals surface area contributed by atoms with Crippen LogP contribution in [0.2, 0.25) is 0 Å². The molecule has 0 radical (unpaired) electrons. The molecule has 1 amide bonds. The second kappa shape index (κ2) is 15.4. The van der Waals surface area contributed by atoms with Crippen molar-refractivity contribution in [3.8, 4) is 17.4 Å². The van der Waals surface area contributed by atoms with Crippen molar-refractivity contribution in [1.29, 1.82) is 0 Å². The van der Waals surface area contributed by atoms with Gasteiger partial charge in [0.05, 0.1) is 30.9 Å². The van der Waals surface area contributed by atoms with Gasteiger partial charge in [-0.2, -0.15) is 0 Å². The van der Waals surface area contributed by atoms with Crippen molar-refractivity contribution < 1.29 is 32.5 Å². The van der Waals surface area contributed by atoms with Gasteiger partial charge in [0.1, 0.15) is 12.4 Å². The number of benzene rings is 3. The van der Waals surface area contributed by atoms with Crippen LogP contribution in [0, 0.1) is 0 Å². The molecule has 0 bridgehead atoms. The van der Waals surface area contributed by atoms with E-state index < -0.39 is 22.2 Å². The van der Waals surface area contributed by atoms with E-state index in [0.717, 1.165) is 11.1 Å². The summed E-state index contributed by atoms with van der Waals surface area (Å²) in [7, 11) is -2.83. The summed E-state index contributed by atoms with van der Waals surface area (Å²) in [4.78, 5) is 24.6. The number of ether oxygens (including phenoxy) is 3. The van der Waals surface area contributed by atoms with Gasteiger partial charge in [-0.15, -0.1) is 0 Å². The molecule has 2 heterocycles. The van der Waals surface area contributed by atoms with Crippen molar-refractivity contribution in [2.24, 2.45) is 0 Å². The summed E-state index contributed by atoms with van der Waals surface area (Å²) in [5.74, 6) is -0.398. The first-order valence-corrected chi connectivity index (χ1v) is 17.9. The zero-order valence-corrected chi connectivity index (χ0v) is 30.0. The van der Waals surface area contributed by atoms with Crippen molar-refractivity contribution in [2.75, 3.05) is 43.5 Å². The average Bonchev–Trinajstić information content (AvgIpc) is 3.08. The number of methoxy groups -OCH3 is 1. The zero-order valence-electron chi connectivity index (χ0n) is 29.2. The molecule has 3 aromatic carbocycles. The summed E-state index contributed by atoms with van der Waals surface area (Å²) < 4.78 is 47.8. The normalized spacial score (nSPS) is 15.3. The maximum absolute atomic E-state index is 14.4. The summed E-state index contributed by atoms with van der Waals surface area (Å²) in [6.07, 6.45) is 1.74. The topological polar surface area (TPSA) is 152 Å². The second-order valence-corrected chi connectivity index (χ2v) is 15.1. The minimum Gasteiger partial charge on any atom is -0.504 e. The molecule has 4 aromatic rings. The first-order chi connectivity index (χ1) is 23.8. The average molecular weight is 704 g/mol. The van der Waals surface area contributed by atoms with E-state index >= 15 is 0 Å². The highest BCUT2D eigenvalue weighted by atomic mass is 32.2. The van der Waals surface area contributed by atoms with Gasteiger partial charge < -0.3 is 24.6 Å². The summed E-state index contributed by atoms with van der Waals surface area (Å²) in [5, 5.41) is 14.3. The number of hydrogen-bond acceptors (Lipinski definition) is 10. The van der Waals surface area contributed by atoms with Crippen molar-refractivity contribution in [1.82, 2.24) is 14.9 Å². The quantitative estimate of drug-likeness (QED) is 0.163. The fraction of sp³-hybridized carbons (Fsp3) is 0.378. The van der Waals surface area contributed by atoms with Crippen LogP contribution in [-0.4, -0.2) is 73.8 Å². The predicted molar refractivity (Wildman–Crippen MR) is 191 cm³/mol. The summed E-state index contributed by atoms with van der Waals surface area (Å²) >= 11 is 0. The molecule has 266 valence electrons. The van der Waals surface area contributed by atoms with E-state index in [-0.39, 0.29) is 45.2 Å². The molecule has 1 aliphatic rings. The molecule has 0 saturated carbocycles. The molecule has 3 N–H and O–H groups in total. The monoisotopic (exact) mass is 703 g/mol. The molecule has 50 heavy (non-hydrogen) atoms. The summed E-state index contributed by atoms with van der Waals surface area (Å²) in [5.41, 5.74) is 2.48. The Bertz CT molecular complexity index is 1890. The molecule has 2 unspecified atom stereocenters. The zero-order chi connectivity index (χ0) is 36.1. The Kier molecular flexibility index (Phi) is 11.3. The van der Waals surface area contributed by atoms with Crippen LogP contribution in [0.5, 0.6) is 17.4 Å². The second-order valence-electron chi connectivity index (χ2n) is 13.5. The number of nitrogens with zero attached hydrogens (tertiary/aromatic N) is 3. The van der Waals surface area contributed by atoms with Crippen molar-refractivity contribution in [3.05, 3.63) is 95.9 Å². The van der Waals surface area contributed by atoms with Gasteiger partial charge >= 0.3 is 0 Å². The van der Waals surface area contributed by atoms with Crippen LogP contribution in [0.15, 0.2) is 84.1 Å². The predicted octanol–water partition coefficient (Wildman–Crippen LogP) is 5.87. The molecule has 1 fully saturated rings. The fourth-order valence-corrected chi connectivity index (χ4v) is 6.86. The molecule has 1 aliphatic heterocycles. The number of amides is 1. The van der Waals surface area contributed by atoms with E-state index in [1.54, 1.807) is 18.2 Å². The van der Waals surface area contributed by atoms with Gasteiger partial charge in [0, 0.05) is 36.6 Å². The van der Waals surface area contributed by atoms with Crippen molar-refractivity contribution in [3.63, 3.8) is 0 Å². The molecule has 5 rings (SSSR count).